The second-order valence-corrected chi connectivity index (χ2v) is 11.9. The van der Waals surface area contributed by atoms with Crippen LogP contribution in [0, 0.1) is 11.6 Å². The number of nitrogens with zero attached hydrogens (tertiary/aromatic N) is 6. The summed E-state index contributed by atoms with van der Waals surface area (Å²) in [6, 6.07) is 6.10. The number of halogens is 2. The summed E-state index contributed by atoms with van der Waals surface area (Å²) in [6.45, 7) is 6.95. The third-order valence-electron chi connectivity index (χ3n) is 7.46. The van der Waals surface area contributed by atoms with Crippen LogP contribution >= 0.6 is 0 Å². The van der Waals surface area contributed by atoms with E-state index in [1.165, 1.54) is 10.9 Å². The van der Waals surface area contributed by atoms with Gasteiger partial charge in [0.05, 0.1) is 22.5 Å². The van der Waals surface area contributed by atoms with Gasteiger partial charge < -0.3 is 14.4 Å². The number of sulfonamides is 1. The van der Waals surface area contributed by atoms with Gasteiger partial charge in [0, 0.05) is 55.9 Å². The topological polar surface area (TPSA) is 96.2 Å². The average molecular weight is 570 g/mol. The van der Waals surface area contributed by atoms with Crippen molar-refractivity contribution in [1.29, 1.82) is 0 Å². The number of hydrogen-bond donors (Lipinski definition) is 1. The number of aromatic nitrogens is 4. The molecule has 0 radical (unpaired) electrons. The molecule has 0 bridgehead atoms. The van der Waals surface area contributed by atoms with Crippen molar-refractivity contribution in [2.75, 3.05) is 42.1 Å². The van der Waals surface area contributed by atoms with E-state index in [2.05, 4.69) is 31.4 Å². The molecule has 1 aliphatic rings. The molecule has 12 heteroatoms. The van der Waals surface area contributed by atoms with Crippen molar-refractivity contribution >= 4 is 32.6 Å². The SMILES string of the molecule is CCCS(=O)(=O)Nc1ccc(F)c(-n2cc(-c3cncnc3)c3nc(N(C)C4CCN(CC)CC4)ccc32)c1F. The first-order valence-electron chi connectivity index (χ1n) is 13.4. The highest BCUT2D eigenvalue weighted by atomic mass is 32.2. The van der Waals surface area contributed by atoms with E-state index in [9.17, 15) is 8.42 Å². The third-order valence-corrected chi connectivity index (χ3v) is 8.94. The minimum absolute atomic E-state index is 0.179. The van der Waals surface area contributed by atoms with Gasteiger partial charge >= 0.3 is 0 Å². The number of rotatable bonds is 9. The molecule has 1 N–H and O–H groups in total. The van der Waals surface area contributed by atoms with Crippen LogP contribution in [0.25, 0.3) is 27.8 Å². The van der Waals surface area contributed by atoms with Gasteiger partial charge in [-0.25, -0.2) is 32.2 Å². The maximum atomic E-state index is 15.8. The molecule has 0 unspecified atom stereocenters. The molecule has 1 fully saturated rings. The van der Waals surface area contributed by atoms with Gasteiger partial charge in [-0.2, -0.15) is 0 Å². The fourth-order valence-corrected chi connectivity index (χ4v) is 6.39. The molecule has 0 saturated carbocycles. The Bertz CT molecular complexity index is 1600. The first-order valence-corrected chi connectivity index (χ1v) is 15.1. The van der Waals surface area contributed by atoms with E-state index < -0.39 is 27.3 Å². The third kappa shape index (κ3) is 5.50. The van der Waals surface area contributed by atoms with Gasteiger partial charge in [0.15, 0.2) is 5.82 Å². The Balaban J connectivity index is 1.62. The fourth-order valence-electron chi connectivity index (χ4n) is 5.26. The maximum Gasteiger partial charge on any atom is 0.232 e. The molecular weight excluding hydrogens is 536 g/mol. The molecule has 1 aliphatic heterocycles. The Labute approximate surface area is 232 Å². The van der Waals surface area contributed by atoms with E-state index in [0.29, 0.717) is 34.6 Å². The number of hydrogen-bond acceptors (Lipinski definition) is 7. The van der Waals surface area contributed by atoms with E-state index in [4.69, 9.17) is 4.98 Å². The average Bonchev–Trinajstić information content (AvgIpc) is 3.33. The highest BCUT2D eigenvalue weighted by molar-refractivity contribution is 7.92. The lowest BCUT2D eigenvalue weighted by Crippen LogP contribution is -2.43. The minimum atomic E-state index is -3.79. The lowest BCUT2D eigenvalue weighted by molar-refractivity contribution is 0.220. The van der Waals surface area contributed by atoms with Crippen LogP contribution in [-0.4, -0.2) is 71.3 Å². The fraction of sp³-hybridized carbons (Fsp3) is 0.393. The summed E-state index contributed by atoms with van der Waals surface area (Å²) in [7, 11) is -1.77. The zero-order chi connectivity index (χ0) is 28.4. The van der Waals surface area contributed by atoms with Crippen molar-refractivity contribution in [3.05, 3.63) is 60.8 Å². The van der Waals surface area contributed by atoms with Crippen molar-refractivity contribution in [2.24, 2.45) is 0 Å². The van der Waals surface area contributed by atoms with Crippen molar-refractivity contribution in [1.82, 2.24) is 24.4 Å². The molecule has 5 rings (SSSR count). The van der Waals surface area contributed by atoms with Crippen molar-refractivity contribution < 1.29 is 17.2 Å². The van der Waals surface area contributed by atoms with Crippen LogP contribution in [0.15, 0.2) is 49.2 Å². The Morgan fingerprint density at radius 2 is 1.80 bits per heavy atom. The predicted molar refractivity (Wildman–Crippen MR) is 153 cm³/mol. The molecule has 212 valence electrons. The maximum absolute atomic E-state index is 15.8. The van der Waals surface area contributed by atoms with Crippen LogP contribution in [0.1, 0.15) is 33.1 Å². The molecule has 1 aromatic carbocycles. The van der Waals surface area contributed by atoms with Gasteiger partial charge in [0.25, 0.3) is 0 Å². The predicted octanol–water partition coefficient (Wildman–Crippen LogP) is 4.83. The monoisotopic (exact) mass is 569 g/mol. The molecule has 0 spiro atoms. The Hall–Kier alpha value is -3.64. The van der Waals surface area contributed by atoms with Gasteiger partial charge in [-0.3, -0.25) is 4.72 Å². The Morgan fingerprint density at radius 3 is 2.48 bits per heavy atom. The first-order chi connectivity index (χ1) is 19.2. The highest BCUT2D eigenvalue weighted by Gasteiger charge is 2.25. The summed E-state index contributed by atoms with van der Waals surface area (Å²) in [4.78, 5) is 17.8. The summed E-state index contributed by atoms with van der Waals surface area (Å²) in [5, 5.41) is 0. The molecule has 4 aromatic rings. The largest absolute Gasteiger partial charge is 0.357 e. The van der Waals surface area contributed by atoms with E-state index in [1.807, 2.05) is 13.1 Å². The normalized spacial score (nSPS) is 15.0. The molecule has 0 amide bonds. The van der Waals surface area contributed by atoms with Crippen LogP contribution in [0.5, 0.6) is 0 Å². The van der Waals surface area contributed by atoms with Crippen LogP contribution in [0.2, 0.25) is 0 Å². The number of nitrogens with one attached hydrogen (secondary N) is 1. The zero-order valence-corrected chi connectivity index (χ0v) is 23.6. The van der Waals surface area contributed by atoms with Crippen LogP contribution in [0.3, 0.4) is 0 Å². The minimum Gasteiger partial charge on any atom is -0.357 e. The molecule has 3 aromatic heterocycles. The number of likely N-dealkylation sites (tertiary alicyclic amines) is 1. The lowest BCUT2D eigenvalue weighted by Gasteiger charge is -2.36. The molecule has 0 aliphatic carbocycles. The number of pyridine rings is 1. The van der Waals surface area contributed by atoms with Crippen molar-refractivity contribution in [2.45, 2.75) is 39.2 Å². The molecular formula is C28H33F2N7O2S. The molecule has 1 saturated heterocycles. The van der Waals surface area contributed by atoms with E-state index >= 15 is 8.78 Å². The van der Waals surface area contributed by atoms with Gasteiger partial charge in [0.2, 0.25) is 10.0 Å². The number of benzene rings is 1. The molecule has 4 heterocycles. The highest BCUT2D eigenvalue weighted by Crippen LogP contribution is 2.36. The number of fused-ring (bicyclic) bond motifs is 1. The summed E-state index contributed by atoms with van der Waals surface area (Å²) in [5.41, 5.74) is 1.50. The standard InChI is InChI=1S/C28H33F2N7O2S/c1-4-14-40(38,39)34-23-7-6-22(29)28(26(23)30)37-17-21(19-15-31-18-32-16-19)27-24(37)8-9-25(33-27)35(3)20-10-12-36(5-2)13-11-20/h6-9,15-18,20,34H,4-5,10-14H2,1-3H3. The molecule has 0 atom stereocenters. The van der Waals surface area contributed by atoms with Gasteiger partial charge in [-0.15, -0.1) is 0 Å². The Morgan fingerprint density at radius 1 is 1.07 bits per heavy atom. The zero-order valence-electron chi connectivity index (χ0n) is 22.8. The van der Waals surface area contributed by atoms with Gasteiger partial charge in [-0.05, 0) is 50.1 Å². The van der Waals surface area contributed by atoms with Gasteiger partial charge in [0.1, 0.15) is 23.6 Å². The van der Waals surface area contributed by atoms with Gasteiger partial charge in [-0.1, -0.05) is 13.8 Å². The number of anilines is 2. The molecule has 9 nitrogen and oxygen atoms in total. The summed E-state index contributed by atoms with van der Waals surface area (Å²) >= 11 is 0. The van der Waals surface area contributed by atoms with Crippen molar-refractivity contribution in [3.8, 4) is 16.8 Å². The lowest BCUT2D eigenvalue weighted by atomic mass is 10.0. The number of piperidine rings is 1. The van der Waals surface area contributed by atoms with Crippen LogP contribution in [0.4, 0.5) is 20.3 Å². The summed E-state index contributed by atoms with van der Waals surface area (Å²) in [5.74, 6) is -1.29. The summed E-state index contributed by atoms with van der Waals surface area (Å²) in [6.07, 6.45) is 8.62. The summed E-state index contributed by atoms with van der Waals surface area (Å²) < 4.78 is 59.4. The second kappa shape index (κ2) is 11.5. The van der Waals surface area contributed by atoms with E-state index in [0.717, 1.165) is 50.4 Å². The van der Waals surface area contributed by atoms with Crippen LogP contribution in [-0.2, 0) is 10.0 Å². The van der Waals surface area contributed by atoms with Crippen LogP contribution < -0.4 is 9.62 Å². The quantitative estimate of drug-likeness (QED) is 0.308. The van der Waals surface area contributed by atoms with Crippen molar-refractivity contribution in [3.63, 3.8) is 0 Å². The van der Waals surface area contributed by atoms with E-state index in [1.54, 1.807) is 31.6 Å². The van der Waals surface area contributed by atoms with E-state index in [-0.39, 0.29) is 11.4 Å². The second-order valence-electron chi connectivity index (χ2n) is 10.0. The molecule has 40 heavy (non-hydrogen) atoms. The Kier molecular flexibility index (Phi) is 7.99. The smallest absolute Gasteiger partial charge is 0.232 e. The first kappa shape index (κ1) is 27.9.